The maximum absolute atomic E-state index is 13.3. The Morgan fingerprint density at radius 1 is 0.941 bits per heavy atom. The van der Waals surface area contributed by atoms with E-state index in [1.165, 1.54) is 0 Å². The van der Waals surface area contributed by atoms with Crippen LogP contribution in [0.5, 0.6) is 0 Å². The van der Waals surface area contributed by atoms with Crippen molar-refractivity contribution in [1.82, 2.24) is 0 Å². The van der Waals surface area contributed by atoms with Gasteiger partial charge in [-0.1, -0.05) is 29.8 Å². The van der Waals surface area contributed by atoms with Crippen LogP contribution in [0.2, 0.25) is 5.02 Å². The molecule has 4 rings (SSSR count). The van der Waals surface area contributed by atoms with Crippen LogP contribution in [0.15, 0.2) is 48.5 Å². The van der Waals surface area contributed by atoms with Crippen molar-refractivity contribution in [3.63, 3.8) is 0 Å². The normalized spacial score (nSPS) is 16.9. The number of fused-ring (bicyclic) bond motifs is 1. The number of anilines is 3. The van der Waals surface area contributed by atoms with Crippen molar-refractivity contribution in [3.8, 4) is 0 Å². The number of ether oxygens (including phenoxy) is 1. The van der Waals surface area contributed by atoms with E-state index < -0.39 is 11.6 Å². The molecule has 0 bridgehead atoms. The van der Waals surface area contributed by atoms with Crippen molar-refractivity contribution in [2.24, 2.45) is 0 Å². The molecule has 1 aliphatic rings. The van der Waals surface area contributed by atoms with Crippen molar-refractivity contribution in [3.05, 3.63) is 86.9 Å². The van der Waals surface area contributed by atoms with Gasteiger partial charge in [0.05, 0.1) is 10.6 Å². The van der Waals surface area contributed by atoms with Crippen LogP contribution in [-0.2, 0) is 10.3 Å². The first kappa shape index (κ1) is 24.0. The maximum atomic E-state index is 13.3. The number of benzene rings is 3. The predicted molar refractivity (Wildman–Crippen MR) is 141 cm³/mol. The Morgan fingerprint density at radius 3 is 2.12 bits per heavy atom. The molecule has 0 spiro atoms. The van der Waals surface area contributed by atoms with Crippen LogP contribution in [-0.4, -0.2) is 33.2 Å². The average Bonchev–Trinajstić information content (AvgIpc) is 3.11. The lowest BCUT2D eigenvalue weighted by molar-refractivity contribution is 0.0251. The first-order chi connectivity index (χ1) is 16.1. The molecule has 0 amide bonds. The lowest BCUT2D eigenvalue weighted by Gasteiger charge is -2.33. The fourth-order valence-electron chi connectivity index (χ4n) is 4.92. The summed E-state index contributed by atoms with van der Waals surface area (Å²) < 4.78 is 6.31. The van der Waals surface area contributed by atoms with Gasteiger partial charge in [0.15, 0.2) is 5.60 Å². The van der Waals surface area contributed by atoms with Gasteiger partial charge in [0, 0.05) is 60.9 Å². The Labute approximate surface area is 207 Å². The number of hydrogen-bond acceptors (Lipinski definition) is 5. The monoisotopic (exact) mass is 477 g/mol. The van der Waals surface area contributed by atoms with Gasteiger partial charge in [-0.2, -0.15) is 0 Å². The molecular weight excluding hydrogens is 446 g/mol. The predicted octanol–water partition coefficient (Wildman–Crippen LogP) is 5.91. The quantitative estimate of drug-likeness (QED) is 0.353. The zero-order valence-electron chi connectivity index (χ0n) is 20.7. The molecule has 3 aromatic rings. The molecule has 34 heavy (non-hydrogen) atoms. The minimum absolute atomic E-state index is 0.398. The topological polar surface area (TPSA) is 58.8 Å². The number of hydrogen-bond donors (Lipinski definition) is 1. The number of carbonyl (C=O) groups excluding carboxylic acids is 1. The number of rotatable bonds is 6. The molecule has 0 aliphatic carbocycles. The molecular formula is C28H32ClN3O2. The van der Waals surface area contributed by atoms with Gasteiger partial charge in [-0.3, -0.25) is 0 Å². The SMILES string of the molecule is CCN(CC)c1ccc(C2(c3ccc(N(C)C)cc3)OC(=O)c3cc(N)c(C)c(C)c32)c(Cl)c1. The van der Waals surface area contributed by atoms with E-state index in [4.69, 9.17) is 22.1 Å². The van der Waals surface area contributed by atoms with Gasteiger partial charge in [-0.05, 0) is 69.2 Å². The summed E-state index contributed by atoms with van der Waals surface area (Å²) in [5.41, 5.74) is 12.5. The highest BCUT2D eigenvalue weighted by molar-refractivity contribution is 6.32. The first-order valence-corrected chi connectivity index (χ1v) is 12.0. The largest absolute Gasteiger partial charge is 0.441 e. The summed E-state index contributed by atoms with van der Waals surface area (Å²) in [6.07, 6.45) is 0. The third kappa shape index (κ3) is 3.59. The van der Waals surface area contributed by atoms with Gasteiger partial charge < -0.3 is 20.3 Å². The molecule has 1 atom stereocenters. The summed E-state index contributed by atoms with van der Waals surface area (Å²) >= 11 is 6.98. The molecule has 0 radical (unpaired) electrons. The molecule has 1 heterocycles. The molecule has 178 valence electrons. The number of nitrogens with two attached hydrogens (primary N) is 1. The van der Waals surface area contributed by atoms with Gasteiger partial charge in [0.25, 0.3) is 0 Å². The van der Waals surface area contributed by atoms with E-state index in [9.17, 15) is 4.79 Å². The third-order valence-corrected chi connectivity index (χ3v) is 7.32. The van der Waals surface area contributed by atoms with E-state index in [-0.39, 0.29) is 0 Å². The highest BCUT2D eigenvalue weighted by atomic mass is 35.5. The number of nitrogens with zero attached hydrogens (tertiary/aromatic N) is 2. The first-order valence-electron chi connectivity index (χ1n) is 11.6. The number of cyclic esters (lactones) is 1. The van der Waals surface area contributed by atoms with Gasteiger partial charge in [-0.15, -0.1) is 0 Å². The van der Waals surface area contributed by atoms with Gasteiger partial charge in [0.1, 0.15) is 0 Å². The summed E-state index contributed by atoms with van der Waals surface area (Å²) in [4.78, 5) is 17.5. The Morgan fingerprint density at radius 2 is 1.56 bits per heavy atom. The summed E-state index contributed by atoms with van der Waals surface area (Å²) in [5, 5.41) is 0.551. The number of carbonyl (C=O) groups is 1. The van der Waals surface area contributed by atoms with Crippen LogP contribution in [0.1, 0.15) is 52.0 Å². The molecule has 3 aromatic carbocycles. The van der Waals surface area contributed by atoms with Gasteiger partial charge >= 0.3 is 5.97 Å². The summed E-state index contributed by atoms with van der Waals surface area (Å²) in [6, 6.07) is 15.8. The van der Waals surface area contributed by atoms with Crippen LogP contribution < -0.4 is 15.5 Å². The number of halogens is 1. The van der Waals surface area contributed by atoms with E-state index in [1.54, 1.807) is 6.07 Å². The smallest absolute Gasteiger partial charge is 0.340 e. The fourth-order valence-corrected chi connectivity index (χ4v) is 5.23. The second-order valence-corrected chi connectivity index (χ2v) is 9.39. The lowest BCUT2D eigenvalue weighted by Crippen LogP contribution is -2.31. The maximum Gasteiger partial charge on any atom is 0.340 e. The van der Waals surface area contributed by atoms with Crippen LogP contribution >= 0.6 is 11.6 Å². The third-order valence-electron chi connectivity index (χ3n) is 7.01. The minimum Gasteiger partial charge on any atom is -0.441 e. The second-order valence-electron chi connectivity index (χ2n) is 8.99. The molecule has 0 fully saturated rings. The number of esters is 1. The molecule has 0 aromatic heterocycles. The summed E-state index contributed by atoms with van der Waals surface area (Å²) in [7, 11) is 3.99. The van der Waals surface area contributed by atoms with Gasteiger partial charge in [0.2, 0.25) is 0 Å². The number of nitrogen functional groups attached to an aromatic ring is 1. The highest BCUT2D eigenvalue weighted by Gasteiger charge is 2.51. The van der Waals surface area contributed by atoms with E-state index in [2.05, 4.69) is 24.8 Å². The molecule has 6 heteroatoms. The molecule has 0 saturated heterocycles. The van der Waals surface area contributed by atoms with Crippen molar-refractivity contribution in [2.45, 2.75) is 33.3 Å². The second kappa shape index (κ2) is 8.88. The summed E-state index contributed by atoms with van der Waals surface area (Å²) in [5.74, 6) is -0.398. The fraction of sp³-hybridized carbons (Fsp3) is 0.321. The standard InChI is InChI=1S/C28H32ClN3O2/c1-7-32(8-2)21-13-14-23(24(29)15-21)28(19-9-11-20(12-10-19)31(5)6)26-18(4)17(3)25(30)16-22(26)27(33)34-28/h9-16H,7-8,30H2,1-6H3. The van der Waals surface area contributed by atoms with Crippen molar-refractivity contribution in [2.75, 3.05) is 42.7 Å². The lowest BCUT2D eigenvalue weighted by atomic mass is 9.76. The van der Waals surface area contributed by atoms with Crippen LogP contribution in [0.3, 0.4) is 0 Å². The Hall–Kier alpha value is -3.18. The van der Waals surface area contributed by atoms with Crippen LogP contribution in [0.4, 0.5) is 17.1 Å². The zero-order valence-corrected chi connectivity index (χ0v) is 21.5. The van der Waals surface area contributed by atoms with Crippen molar-refractivity contribution >= 4 is 34.6 Å². The zero-order chi connectivity index (χ0) is 24.8. The van der Waals surface area contributed by atoms with Crippen LogP contribution in [0, 0.1) is 13.8 Å². The van der Waals surface area contributed by atoms with Crippen LogP contribution in [0.25, 0.3) is 0 Å². The van der Waals surface area contributed by atoms with Crippen molar-refractivity contribution < 1.29 is 9.53 Å². The van der Waals surface area contributed by atoms with Crippen molar-refractivity contribution in [1.29, 1.82) is 0 Å². The molecule has 0 saturated carbocycles. The van der Waals surface area contributed by atoms with E-state index in [1.807, 2.05) is 69.2 Å². The highest BCUT2D eigenvalue weighted by Crippen LogP contribution is 2.52. The molecule has 1 unspecified atom stereocenters. The Kier molecular flexibility index (Phi) is 6.26. The minimum atomic E-state index is -1.17. The molecule has 5 nitrogen and oxygen atoms in total. The Balaban J connectivity index is 2.04. The molecule has 1 aliphatic heterocycles. The molecule has 2 N–H and O–H groups in total. The summed E-state index contributed by atoms with van der Waals surface area (Å²) in [6.45, 7) is 9.94. The van der Waals surface area contributed by atoms with E-state index in [0.29, 0.717) is 16.3 Å². The van der Waals surface area contributed by atoms with E-state index in [0.717, 1.165) is 52.3 Å². The van der Waals surface area contributed by atoms with E-state index >= 15 is 0 Å². The average molecular weight is 478 g/mol. The Bertz CT molecular complexity index is 1250. The van der Waals surface area contributed by atoms with Gasteiger partial charge in [-0.25, -0.2) is 4.79 Å².